The Balaban J connectivity index is 2.51. The van der Waals surface area contributed by atoms with E-state index < -0.39 is 0 Å². The van der Waals surface area contributed by atoms with E-state index in [0.717, 1.165) is 41.5 Å². The fraction of sp³-hybridized carbons (Fsp3) is 0.500. The Hall–Kier alpha value is -0.280. The third kappa shape index (κ3) is 4.30. The second kappa shape index (κ2) is 7.13. The normalized spacial score (nSPS) is 12.8. The first-order valence-corrected chi connectivity index (χ1v) is 6.29. The summed E-state index contributed by atoms with van der Waals surface area (Å²) in [7, 11) is 0. The van der Waals surface area contributed by atoms with Crippen molar-refractivity contribution in [3.63, 3.8) is 0 Å². The summed E-state index contributed by atoms with van der Waals surface area (Å²) < 4.78 is 0. The second-order valence-corrected chi connectivity index (χ2v) is 4.68. The Bertz CT molecular complexity index is 329. The lowest BCUT2D eigenvalue weighted by Crippen LogP contribution is -2.20. The second-order valence-electron chi connectivity index (χ2n) is 3.84. The fourth-order valence-electron chi connectivity index (χ4n) is 1.54. The minimum Gasteiger partial charge on any atom is -0.330 e. The summed E-state index contributed by atoms with van der Waals surface area (Å²) in [4.78, 5) is 0. The van der Waals surface area contributed by atoms with Gasteiger partial charge in [-0.05, 0) is 56.6 Å². The first kappa shape index (κ1) is 13.8. The predicted octanol–water partition coefficient (Wildman–Crippen LogP) is 3.38. The third-order valence-electron chi connectivity index (χ3n) is 2.51. The van der Waals surface area contributed by atoms with Crippen LogP contribution in [0.3, 0.4) is 0 Å². The molecule has 90 valence electrons. The molecule has 0 bridgehead atoms. The van der Waals surface area contributed by atoms with Crippen LogP contribution in [0.15, 0.2) is 18.2 Å². The molecule has 1 aromatic rings. The van der Waals surface area contributed by atoms with Crippen LogP contribution in [-0.2, 0) is 0 Å². The average molecular weight is 261 g/mol. The summed E-state index contributed by atoms with van der Waals surface area (Å²) in [6, 6.07) is 5.75. The highest BCUT2D eigenvalue weighted by Gasteiger charge is 2.09. The van der Waals surface area contributed by atoms with E-state index in [2.05, 4.69) is 12.2 Å². The van der Waals surface area contributed by atoms with E-state index in [9.17, 15) is 0 Å². The molecule has 0 aliphatic carbocycles. The van der Waals surface area contributed by atoms with Crippen LogP contribution in [0.25, 0.3) is 0 Å². The summed E-state index contributed by atoms with van der Waals surface area (Å²) in [6.07, 6.45) is 2.13. The van der Waals surface area contributed by atoms with Crippen LogP contribution in [0.4, 0.5) is 0 Å². The predicted molar refractivity (Wildman–Crippen MR) is 71.2 cm³/mol. The summed E-state index contributed by atoms with van der Waals surface area (Å²) in [6.45, 7) is 3.77. The van der Waals surface area contributed by atoms with Gasteiger partial charge in [0, 0.05) is 16.1 Å². The quantitative estimate of drug-likeness (QED) is 0.770. The molecule has 0 saturated carbocycles. The van der Waals surface area contributed by atoms with Crippen molar-refractivity contribution in [3.05, 3.63) is 33.8 Å². The van der Waals surface area contributed by atoms with E-state index in [0.29, 0.717) is 0 Å². The van der Waals surface area contributed by atoms with Gasteiger partial charge in [0.05, 0.1) is 0 Å². The van der Waals surface area contributed by atoms with Crippen molar-refractivity contribution in [3.8, 4) is 0 Å². The highest BCUT2D eigenvalue weighted by atomic mass is 35.5. The zero-order valence-corrected chi connectivity index (χ0v) is 11.0. The van der Waals surface area contributed by atoms with E-state index in [1.165, 1.54) is 0 Å². The molecule has 1 atom stereocenters. The molecular formula is C12H18Cl2N2. The van der Waals surface area contributed by atoms with Gasteiger partial charge in [-0.3, -0.25) is 0 Å². The first-order valence-electron chi connectivity index (χ1n) is 5.53. The highest BCUT2D eigenvalue weighted by molar-refractivity contribution is 6.33. The van der Waals surface area contributed by atoms with Gasteiger partial charge in [0.2, 0.25) is 0 Å². The number of nitrogens with two attached hydrogens (primary N) is 1. The largest absolute Gasteiger partial charge is 0.330 e. The molecule has 4 heteroatoms. The first-order chi connectivity index (χ1) is 7.65. The van der Waals surface area contributed by atoms with Gasteiger partial charge >= 0.3 is 0 Å². The van der Waals surface area contributed by atoms with Crippen molar-refractivity contribution in [2.24, 2.45) is 5.73 Å². The molecule has 0 spiro atoms. The van der Waals surface area contributed by atoms with Crippen molar-refractivity contribution in [2.45, 2.75) is 25.8 Å². The van der Waals surface area contributed by atoms with Gasteiger partial charge in [0.15, 0.2) is 0 Å². The molecule has 0 aliphatic rings. The average Bonchev–Trinajstić information content (AvgIpc) is 2.27. The van der Waals surface area contributed by atoms with Gasteiger partial charge < -0.3 is 11.1 Å². The van der Waals surface area contributed by atoms with Crippen LogP contribution in [0.1, 0.15) is 31.4 Å². The van der Waals surface area contributed by atoms with Crippen LogP contribution in [0.5, 0.6) is 0 Å². The monoisotopic (exact) mass is 260 g/mol. The molecule has 0 aliphatic heterocycles. The molecule has 16 heavy (non-hydrogen) atoms. The Morgan fingerprint density at radius 1 is 1.31 bits per heavy atom. The SMILES string of the molecule is CC(NCCCCN)c1cc(Cl)ccc1Cl. The molecule has 0 fully saturated rings. The highest BCUT2D eigenvalue weighted by Crippen LogP contribution is 2.25. The number of unbranched alkanes of at least 4 members (excludes halogenated alkanes) is 1. The zero-order valence-electron chi connectivity index (χ0n) is 9.47. The minimum absolute atomic E-state index is 0.212. The summed E-state index contributed by atoms with van der Waals surface area (Å²) in [5.74, 6) is 0. The van der Waals surface area contributed by atoms with Gasteiger partial charge in [-0.1, -0.05) is 23.2 Å². The van der Waals surface area contributed by atoms with Crippen molar-refractivity contribution in [1.29, 1.82) is 0 Å². The molecule has 2 nitrogen and oxygen atoms in total. The number of rotatable bonds is 6. The molecule has 0 amide bonds. The zero-order chi connectivity index (χ0) is 12.0. The number of hydrogen-bond donors (Lipinski definition) is 2. The molecule has 1 aromatic carbocycles. The van der Waals surface area contributed by atoms with E-state index in [1.54, 1.807) is 6.07 Å². The van der Waals surface area contributed by atoms with Crippen LogP contribution in [0, 0.1) is 0 Å². The topological polar surface area (TPSA) is 38.0 Å². The van der Waals surface area contributed by atoms with Crippen molar-refractivity contribution in [2.75, 3.05) is 13.1 Å². The summed E-state index contributed by atoms with van der Waals surface area (Å²) in [5.41, 5.74) is 6.48. The maximum Gasteiger partial charge on any atom is 0.0454 e. The van der Waals surface area contributed by atoms with Gasteiger partial charge in [0.25, 0.3) is 0 Å². The van der Waals surface area contributed by atoms with Crippen molar-refractivity contribution in [1.82, 2.24) is 5.32 Å². The van der Waals surface area contributed by atoms with Crippen LogP contribution < -0.4 is 11.1 Å². The third-order valence-corrected chi connectivity index (χ3v) is 3.09. The standard InChI is InChI=1S/C12H18Cl2N2/c1-9(16-7-3-2-6-15)11-8-10(13)4-5-12(11)14/h4-5,8-9,16H,2-3,6-7,15H2,1H3. The van der Waals surface area contributed by atoms with Crippen LogP contribution >= 0.6 is 23.2 Å². The molecular weight excluding hydrogens is 243 g/mol. The Morgan fingerprint density at radius 2 is 2.06 bits per heavy atom. The number of nitrogens with one attached hydrogen (secondary N) is 1. The lowest BCUT2D eigenvalue weighted by Gasteiger charge is -2.15. The molecule has 1 rings (SSSR count). The van der Waals surface area contributed by atoms with E-state index >= 15 is 0 Å². The molecule has 0 saturated heterocycles. The van der Waals surface area contributed by atoms with Gasteiger partial charge in [-0.15, -0.1) is 0 Å². The van der Waals surface area contributed by atoms with Crippen molar-refractivity contribution < 1.29 is 0 Å². The summed E-state index contributed by atoms with van der Waals surface area (Å²) >= 11 is 12.1. The molecule has 0 heterocycles. The number of halogens is 2. The molecule has 0 aromatic heterocycles. The smallest absolute Gasteiger partial charge is 0.0454 e. The van der Waals surface area contributed by atoms with Gasteiger partial charge in [-0.25, -0.2) is 0 Å². The maximum absolute atomic E-state index is 6.11. The van der Waals surface area contributed by atoms with E-state index in [-0.39, 0.29) is 6.04 Å². The van der Waals surface area contributed by atoms with E-state index in [4.69, 9.17) is 28.9 Å². The molecule has 1 unspecified atom stereocenters. The minimum atomic E-state index is 0.212. The maximum atomic E-state index is 6.11. The van der Waals surface area contributed by atoms with Gasteiger partial charge in [-0.2, -0.15) is 0 Å². The molecule has 3 N–H and O–H groups in total. The fourth-order valence-corrected chi connectivity index (χ4v) is 2.01. The molecule has 0 radical (unpaired) electrons. The van der Waals surface area contributed by atoms with Crippen LogP contribution in [-0.4, -0.2) is 13.1 Å². The number of benzene rings is 1. The Kier molecular flexibility index (Phi) is 6.14. The summed E-state index contributed by atoms with van der Waals surface area (Å²) in [5, 5.41) is 4.87. The van der Waals surface area contributed by atoms with E-state index in [1.807, 2.05) is 12.1 Å². The van der Waals surface area contributed by atoms with Gasteiger partial charge in [0.1, 0.15) is 0 Å². The lowest BCUT2D eigenvalue weighted by atomic mass is 10.1. The Labute approximate surface area is 107 Å². The lowest BCUT2D eigenvalue weighted by molar-refractivity contribution is 0.549. The number of hydrogen-bond acceptors (Lipinski definition) is 2. The van der Waals surface area contributed by atoms with Crippen LogP contribution in [0.2, 0.25) is 10.0 Å². The van der Waals surface area contributed by atoms with Crippen molar-refractivity contribution >= 4 is 23.2 Å². The Morgan fingerprint density at radius 3 is 2.75 bits per heavy atom.